The lowest BCUT2D eigenvalue weighted by Crippen LogP contribution is -2.53. The first-order chi connectivity index (χ1) is 10.2. The molecule has 1 aromatic carbocycles. The van der Waals surface area contributed by atoms with Crippen LogP contribution in [-0.2, 0) is 14.3 Å². The quantitative estimate of drug-likeness (QED) is 0.809. The van der Waals surface area contributed by atoms with Crippen molar-refractivity contribution in [3.8, 4) is 5.75 Å². The van der Waals surface area contributed by atoms with Gasteiger partial charge in [0, 0.05) is 31.5 Å². The average molecular weight is 292 g/mol. The highest BCUT2D eigenvalue weighted by atomic mass is 16.5. The molecule has 0 spiro atoms. The topological polar surface area (TPSA) is 59.1 Å². The number of nitrogens with zero attached hydrogens (tertiary/aromatic N) is 2. The molecule has 2 amide bonds. The van der Waals surface area contributed by atoms with Crippen LogP contribution in [0.2, 0.25) is 0 Å². The second kappa shape index (κ2) is 7.08. The summed E-state index contributed by atoms with van der Waals surface area (Å²) in [6.07, 6.45) is 0. The molecule has 21 heavy (non-hydrogen) atoms. The van der Waals surface area contributed by atoms with E-state index in [9.17, 15) is 9.59 Å². The lowest BCUT2D eigenvalue weighted by atomic mass is 10.2. The van der Waals surface area contributed by atoms with Gasteiger partial charge in [0.1, 0.15) is 18.9 Å². The first-order valence-electron chi connectivity index (χ1n) is 6.95. The monoisotopic (exact) mass is 292 g/mol. The van der Waals surface area contributed by atoms with Crippen molar-refractivity contribution in [2.75, 3.05) is 44.9 Å². The van der Waals surface area contributed by atoms with Gasteiger partial charge in [-0.25, -0.2) is 0 Å². The maximum atomic E-state index is 12.2. The molecule has 0 unspecified atom stereocenters. The molecule has 1 saturated heterocycles. The van der Waals surface area contributed by atoms with E-state index in [-0.39, 0.29) is 25.0 Å². The summed E-state index contributed by atoms with van der Waals surface area (Å²) in [5, 5.41) is 0. The van der Waals surface area contributed by atoms with Crippen LogP contribution < -0.4 is 9.64 Å². The molecule has 0 bridgehead atoms. The summed E-state index contributed by atoms with van der Waals surface area (Å²) in [7, 11) is 1.59. The molecule has 0 aromatic heterocycles. The van der Waals surface area contributed by atoms with Crippen LogP contribution in [0.5, 0.6) is 5.75 Å². The predicted octanol–water partition coefficient (Wildman–Crippen LogP) is 0.907. The molecule has 0 saturated carbocycles. The van der Waals surface area contributed by atoms with E-state index in [1.165, 1.54) is 4.90 Å². The zero-order chi connectivity index (χ0) is 15.2. The van der Waals surface area contributed by atoms with E-state index in [0.29, 0.717) is 25.4 Å². The first kappa shape index (κ1) is 15.3. The van der Waals surface area contributed by atoms with E-state index in [4.69, 9.17) is 9.47 Å². The minimum absolute atomic E-state index is 0.0307. The first-order valence-corrected chi connectivity index (χ1v) is 6.95. The van der Waals surface area contributed by atoms with E-state index in [0.717, 1.165) is 5.69 Å². The van der Waals surface area contributed by atoms with Gasteiger partial charge >= 0.3 is 0 Å². The van der Waals surface area contributed by atoms with Crippen molar-refractivity contribution in [1.29, 1.82) is 0 Å². The number of benzene rings is 1. The highest BCUT2D eigenvalue weighted by Crippen LogP contribution is 2.22. The minimum Gasteiger partial charge on any atom is -0.497 e. The van der Waals surface area contributed by atoms with Gasteiger partial charge in [0.25, 0.3) is 0 Å². The Balaban J connectivity index is 2.00. The van der Waals surface area contributed by atoms with Crippen LogP contribution in [0.25, 0.3) is 0 Å². The van der Waals surface area contributed by atoms with Crippen LogP contribution >= 0.6 is 0 Å². The molecule has 6 heteroatoms. The third-order valence-electron chi connectivity index (χ3n) is 3.37. The number of ether oxygens (including phenoxy) is 2. The Labute approximate surface area is 124 Å². The van der Waals surface area contributed by atoms with Gasteiger partial charge in [-0.3, -0.25) is 9.59 Å². The summed E-state index contributed by atoms with van der Waals surface area (Å²) >= 11 is 0. The van der Waals surface area contributed by atoms with E-state index in [1.54, 1.807) is 12.0 Å². The Morgan fingerprint density at radius 3 is 2.81 bits per heavy atom. The summed E-state index contributed by atoms with van der Waals surface area (Å²) in [5.74, 6) is 0.463. The summed E-state index contributed by atoms with van der Waals surface area (Å²) in [6, 6.07) is 7.34. The Hall–Kier alpha value is -2.08. The van der Waals surface area contributed by atoms with Crippen molar-refractivity contribution in [2.24, 2.45) is 0 Å². The highest BCUT2D eigenvalue weighted by molar-refractivity contribution is 5.98. The fraction of sp³-hybridized carbons (Fsp3) is 0.467. The van der Waals surface area contributed by atoms with Crippen molar-refractivity contribution >= 4 is 17.5 Å². The molecule has 1 fully saturated rings. The molecule has 0 aliphatic carbocycles. The number of hydrogen-bond donors (Lipinski definition) is 0. The number of carbonyl (C=O) groups excluding carboxylic acids is 2. The van der Waals surface area contributed by atoms with Crippen LogP contribution in [0.3, 0.4) is 0 Å². The van der Waals surface area contributed by atoms with E-state index >= 15 is 0 Å². The highest BCUT2D eigenvalue weighted by Gasteiger charge is 2.28. The van der Waals surface area contributed by atoms with Crippen molar-refractivity contribution in [3.05, 3.63) is 24.3 Å². The number of carbonyl (C=O) groups is 2. The second-order valence-electron chi connectivity index (χ2n) is 4.70. The molecule has 0 radical (unpaired) electrons. The van der Waals surface area contributed by atoms with Gasteiger partial charge in [0.05, 0.1) is 7.11 Å². The maximum Gasteiger partial charge on any atom is 0.249 e. The molecule has 1 aliphatic rings. The lowest BCUT2D eigenvalue weighted by molar-refractivity contribution is -0.140. The number of methoxy groups -OCH3 is 1. The van der Waals surface area contributed by atoms with Gasteiger partial charge in [-0.1, -0.05) is 6.07 Å². The molecule has 2 rings (SSSR count). The summed E-state index contributed by atoms with van der Waals surface area (Å²) < 4.78 is 10.3. The zero-order valence-electron chi connectivity index (χ0n) is 12.4. The molecular weight excluding hydrogens is 272 g/mol. The van der Waals surface area contributed by atoms with Crippen LogP contribution in [0.4, 0.5) is 5.69 Å². The molecule has 1 heterocycles. The fourth-order valence-corrected chi connectivity index (χ4v) is 2.22. The van der Waals surface area contributed by atoms with Gasteiger partial charge in [-0.15, -0.1) is 0 Å². The van der Waals surface area contributed by atoms with Gasteiger partial charge in [0.2, 0.25) is 11.8 Å². The molecule has 1 aliphatic heterocycles. The normalized spacial score (nSPS) is 15.2. The minimum atomic E-state index is -0.143. The van der Waals surface area contributed by atoms with Gasteiger partial charge < -0.3 is 19.3 Å². The molecule has 0 N–H and O–H groups in total. The van der Waals surface area contributed by atoms with E-state index in [2.05, 4.69) is 0 Å². The SMILES string of the molecule is CCOCC(=O)N1CCN(c2cccc(OC)c2)C(=O)C1. The molecule has 0 atom stereocenters. The lowest BCUT2D eigenvalue weighted by Gasteiger charge is -2.34. The van der Waals surface area contributed by atoms with Crippen molar-refractivity contribution < 1.29 is 19.1 Å². The Morgan fingerprint density at radius 1 is 1.33 bits per heavy atom. The number of piperazine rings is 1. The van der Waals surface area contributed by atoms with Gasteiger partial charge in [-0.05, 0) is 19.1 Å². The standard InChI is InChI=1S/C15H20N2O4/c1-3-21-11-15(19)16-7-8-17(14(18)10-16)12-5-4-6-13(9-12)20-2/h4-6,9H,3,7-8,10-11H2,1-2H3. The Kier molecular flexibility index (Phi) is 5.16. The number of anilines is 1. The average Bonchev–Trinajstić information content (AvgIpc) is 2.52. The molecular formula is C15H20N2O4. The predicted molar refractivity (Wildman–Crippen MR) is 78.4 cm³/mol. The largest absolute Gasteiger partial charge is 0.497 e. The van der Waals surface area contributed by atoms with Crippen LogP contribution in [-0.4, -0.2) is 56.7 Å². The third-order valence-corrected chi connectivity index (χ3v) is 3.37. The molecule has 6 nitrogen and oxygen atoms in total. The summed E-state index contributed by atoms with van der Waals surface area (Å²) in [6.45, 7) is 3.42. The van der Waals surface area contributed by atoms with Crippen LogP contribution in [0.15, 0.2) is 24.3 Å². The zero-order valence-corrected chi connectivity index (χ0v) is 12.4. The van der Waals surface area contributed by atoms with Crippen molar-refractivity contribution in [3.63, 3.8) is 0 Å². The van der Waals surface area contributed by atoms with Crippen molar-refractivity contribution in [1.82, 2.24) is 4.90 Å². The smallest absolute Gasteiger partial charge is 0.249 e. The third kappa shape index (κ3) is 3.72. The second-order valence-corrected chi connectivity index (χ2v) is 4.70. The van der Waals surface area contributed by atoms with Crippen LogP contribution in [0.1, 0.15) is 6.92 Å². The number of rotatable bonds is 5. The Morgan fingerprint density at radius 2 is 2.14 bits per heavy atom. The van der Waals surface area contributed by atoms with Crippen LogP contribution in [0, 0.1) is 0 Å². The van der Waals surface area contributed by atoms with E-state index in [1.807, 2.05) is 31.2 Å². The Bertz CT molecular complexity index is 518. The van der Waals surface area contributed by atoms with Gasteiger partial charge in [-0.2, -0.15) is 0 Å². The molecule has 1 aromatic rings. The maximum absolute atomic E-state index is 12.2. The summed E-state index contributed by atoms with van der Waals surface area (Å²) in [4.78, 5) is 27.3. The number of amides is 2. The fourth-order valence-electron chi connectivity index (χ4n) is 2.22. The van der Waals surface area contributed by atoms with E-state index < -0.39 is 0 Å². The number of hydrogen-bond acceptors (Lipinski definition) is 4. The summed E-state index contributed by atoms with van der Waals surface area (Å²) in [5.41, 5.74) is 0.788. The van der Waals surface area contributed by atoms with Gasteiger partial charge in [0.15, 0.2) is 0 Å². The molecule has 114 valence electrons. The van der Waals surface area contributed by atoms with Crippen molar-refractivity contribution in [2.45, 2.75) is 6.92 Å².